The summed E-state index contributed by atoms with van der Waals surface area (Å²) in [4.78, 5) is 3.42. The molecule has 120 valence electrons. The minimum atomic E-state index is 0. The number of aromatic amines is 1. The molecule has 1 aromatic carbocycles. The van der Waals surface area contributed by atoms with Crippen molar-refractivity contribution in [3.05, 3.63) is 78.6 Å². The summed E-state index contributed by atoms with van der Waals surface area (Å²) in [6.45, 7) is 18.0. The van der Waals surface area contributed by atoms with E-state index in [2.05, 4.69) is 50.4 Å². The third kappa shape index (κ3) is 2.33. The predicted octanol–water partition coefficient (Wildman–Crippen LogP) is 6.97. The van der Waals surface area contributed by atoms with Gasteiger partial charge >= 0.3 is 0 Å². The molecule has 3 rings (SSSR count). The van der Waals surface area contributed by atoms with Crippen LogP contribution in [0.2, 0.25) is 0 Å². The molecule has 0 saturated carbocycles. The van der Waals surface area contributed by atoms with Gasteiger partial charge in [-0.25, -0.2) is 0 Å². The normalized spacial score (nSPS) is 15.4. The molecule has 1 unspecified atom stereocenters. The SMILES string of the molecule is C.C.C=CC1=C(C=C)C(C)c2c1ccc1[nH]c(C=C)c(C=C)c21. The number of aromatic nitrogens is 1. The summed E-state index contributed by atoms with van der Waals surface area (Å²) in [7, 11) is 0. The first-order valence-corrected chi connectivity index (χ1v) is 7.10. The van der Waals surface area contributed by atoms with E-state index in [1.54, 1.807) is 0 Å². The van der Waals surface area contributed by atoms with Crippen molar-refractivity contribution in [2.75, 3.05) is 0 Å². The fraction of sp³-hybridized carbons (Fsp3) is 0.182. The van der Waals surface area contributed by atoms with Crippen molar-refractivity contribution in [2.45, 2.75) is 27.7 Å². The third-order valence-corrected chi connectivity index (χ3v) is 4.41. The fourth-order valence-corrected chi connectivity index (χ4v) is 3.48. The molecule has 1 aromatic heterocycles. The van der Waals surface area contributed by atoms with Gasteiger partial charge in [0.05, 0.1) is 0 Å². The van der Waals surface area contributed by atoms with E-state index in [0.717, 1.165) is 16.8 Å². The largest absolute Gasteiger partial charge is 0.355 e. The van der Waals surface area contributed by atoms with Crippen molar-refractivity contribution in [3.63, 3.8) is 0 Å². The Bertz CT molecular complexity index is 827. The molecule has 2 aromatic rings. The van der Waals surface area contributed by atoms with Crippen LogP contribution >= 0.6 is 0 Å². The summed E-state index contributed by atoms with van der Waals surface area (Å²) >= 11 is 0. The van der Waals surface area contributed by atoms with Gasteiger partial charge in [-0.05, 0) is 34.4 Å². The summed E-state index contributed by atoms with van der Waals surface area (Å²) in [5, 5.41) is 1.24. The van der Waals surface area contributed by atoms with Crippen LogP contribution < -0.4 is 0 Å². The van der Waals surface area contributed by atoms with E-state index in [0.29, 0.717) is 5.92 Å². The van der Waals surface area contributed by atoms with Crippen LogP contribution in [0.1, 0.15) is 50.1 Å². The van der Waals surface area contributed by atoms with Crippen LogP contribution in [0.4, 0.5) is 0 Å². The molecule has 1 heteroatoms. The number of fused-ring (bicyclic) bond motifs is 3. The monoisotopic (exact) mass is 305 g/mol. The summed E-state index contributed by atoms with van der Waals surface area (Å²) in [6.07, 6.45) is 7.63. The van der Waals surface area contributed by atoms with E-state index >= 15 is 0 Å². The second kappa shape index (κ2) is 6.70. The molecule has 0 bridgehead atoms. The molecule has 1 aliphatic rings. The second-order valence-electron chi connectivity index (χ2n) is 5.31. The first-order valence-electron chi connectivity index (χ1n) is 7.10. The standard InChI is InChI=1S/C20H19N.2CH4/c1-6-13-12(5)19-16(14(13)7-2)10-11-18-20(19)15(8-3)17(9-4)21-18;;/h6-12,21H,1-4H2,5H3;2*1H4. The van der Waals surface area contributed by atoms with Gasteiger partial charge in [0.1, 0.15) is 0 Å². The predicted molar refractivity (Wildman–Crippen MR) is 108 cm³/mol. The number of rotatable bonds is 4. The lowest BCUT2D eigenvalue weighted by Gasteiger charge is -2.10. The average Bonchev–Trinajstić information content (AvgIpc) is 3.00. The van der Waals surface area contributed by atoms with E-state index in [-0.39, 0.29) is 14.9 Å². The van der Waals surface area contributed by atoms with Crippen LogP contribution in [-0.4, -0.2) is 4.98 Å². The Hall–Kier alpha value is -2.54. The van der Waals surface area contributed by atoms with Gasteiger partial charge in [-0.1, -0.05) is 72.4 Å². The molecule has 1 heterocycles. The molecule has 0 amide bonds. The molecule has 1 atom stereocenters. The van der Waals surface area contributed by atoms with E-state index < -0.39 is 0 Å². The molecule has 0 radical (unpaired) electrons. The Labute approximate surface area is 140 Å². The van der Waals surface area contributed by atoms with Gasteiger partial charge in [0.15, 0.2) is 0 Å². The van der Waals surface area contributed by atoms with Crippen molar-refractivity contribution >= 4 is 28.6 Å². The van der Waals surface area contributed by atoms with Gasteiger partial charge in [-0.2, -0.15) is 0 Å². The van der Waals surface area contributed by atoms with Crippen LogP contribution in [0.15, 0.2) is 56.2 Å². The lowest BCUT2D eigenvalue weighted by molar-refractivity contribution is 0.959. The van der Waals surface area contributed by atoms with Gasteiger partial charge < -0.3 is 4.98 Å². The van der Waals surface area contributed by atoms with Crippen molar-refractivity contribution in [1.82, 2.24) is 4.98 Å². The first-order chi connectivity index (χ1) is 10.2. The Morgan fingerprint density at radius 1 is 0.957 bits per heavy atom. The molecule has 23 heavy (non-hydrogen) atoms. The highest BCUT2D eigenvalue weighted by molar-refractivity contribution is 6.02. The number of nitrogens with one attached hydrogen (secondary N) is 1. The van der Waals surface area contributed by atoms with Gasteiger partial charge in [0, 0.05) is 28.1 Å². The smallest absolute Gasteiger partial charge is 0.0468 e. The van der Waals surface area contributed by atoms with E-state index in [1.807, 2.05) is 24.3 Å². The van der Waals surface area contributed by atoms with Crippen LogP contribution in [-0.2, 0) is 0 Å². The fourth-order valence-electron chi connectivity index (χ4n) is 3.48. The van der Waals surface area contributed by atoms with Crippen LogP contribution in [0.5, 0.6) is 0 Å². The molecule has 1 aliphatic carbocycles. The minimum absolute atomic E-state index is 0. The second-order valence-corrected chi connectivity index (χ2v) is 5.31. The van der Waals surface area contributed by atoms with Gasteiger partial charge in [-0.15, -0.1) is 0 Å². The number of allylic oxidation sites excluding steroid dienone is 4. The molecule has 1 nitrogen and oxygen atoms in total. The summed E-state index contributed by atoms with van der Waals surface area (Å²) in [5.41, 5.74) is 8.27. The maximum Gasteiger partial charge on any atom is 0.0468 e. The van der Waals surface area contributed by atoms with Crippen molar-refractivity contribution < 1.29 is 0 Å². The number of H-pyrrole nitrogens is 1. The first kappa shape index (κ1) is 18.5. The molecule has 1 N–H and O–H groups in total. The van der Waals surface area contributed by atoms with E-state index in [1.165, 1.54) is 27.7 Å². The van der Waals surface area contributed by atoms with E-state index in [9.17, 15) is 0 Å². The highest BCUT2D eigenvalue weighted by atomic mass is 14.7. The molecule has 0 fully saturated rings. The third-order valence-electron chi connectivity index (χ3n) is 4.41. The number of hydrogen-bond acceptors (Lipinski definition) is 0. The van der Waals surface area contributed by atoms with Crippen LogP contribution in [0.25, 0.3) is 28.6 Å². The zero-order chi connectivity index (χ0) is 15.1. The maximum absolute atomic E-state index is 3.97. The van der Waals surface area contributed by atoms with Crippen molar-refractivity contribution in [2.24, 2.45) is 0 Å². The molecule has 0 spiro atoms. The zero-order valence-corrected chi connectivity index (χ0v) is 12.4. The minimum Gasteiger partial charge on any atom is -0.355 e. The van der Waals surface area contributed by atoms with Crippen LogP contribution in [0, 0.1) is 0 Å². The quantitative estimate of drug-likeness (QED) is 0.628. The number of benzene rings is 1. The lowest BCUT2D eigenvalue weighted by Crippen LogP contribution is -1.93. The summed E-state index contributed by atoms with van der Waals surface area (Å²) in [5.74, 6) is 0.307. The summed E-state index contributed by atoms with van der Waals surface area (Å²) < 4.78 is 0. The Morgan fingerprint density at radius 2 is 1.65 bits per heavy atom. The summed E-state index contributed by atoms with van der Waals surface area (Å²) in [6, 6.07) is 4.29. The zero-order valence-electron chi connectivity index (χ0n) is 12.4. The molecule has 0 aliphatic heterocycles. The molecular formula is C22H27N. The Morgan fingerprint density at radius 3 is 2.17 bits per heavy atom. The maximum atomic E-state index is 3.97. The van der Waals surface area contributed by atoms with Crippen molar-refractivity contribution in [1.29, 1.82) is 0 Å². The topological polar surface area (TPSA) is 15.8 Å². The average molecular weight is 305 g/mol. The van der Waals surface area contributed by atoms with Gasteiger partial charge in [0.25, 0.3) is 0 Å². The van der Waals surface area contributed by atoms with E-state index in [4.69, 9.17) is 0 Å². The van der Waals surface area contributed by atoms with Crippen LogP contribution in [0.3, 0.4) is 0 Å². The molecule has 0 saturated heterocycles. The molecular weight excluding hydrogens is 278 g/mol. The van der Waals surface area contributed by atoms with Gasteiger partial charge in [-0.3, -0.25) is 0 Å². The van der Waals surface area contributed by atoms with Crippen molar-refractivity contribution in [3.8, 4) is 0 Å². The van der Waals surface area contributed by atoms with Gasteiger partial charge in [0.2, 0.25) is 0 Å². The highest BCUT2D eigenvalue weighted by Crippen LogP contribution is 2.47. The number of hydrogen-bond donors (Lipinski definition) is 1. The highest BCUT2D eigenvalue weighted by Gasteiger charge is 2.28. The lowest BCUT2D eigenvalue weighted by atomic mass is 9.92. The Balaban J connectivity index is 0.00000132. The Kier molecular flexibility index (Phi) is 5.39.